The number of imide groups is 1. The second-order valence-electron chi connectivity index (χ2n) is 7.64. The molecule has 3 fully saturated rings. The van der Waals surface area contributed by atoms with Crippen LogP contribution in [0.5, 0.6) is 5.75 Å². The number of carboxylic acid groups (broad SMARTS) is 1. The zero-order valence-corrected chi connectivity index (χ0v) is 14.4. The normalized spacial score (nSPS) is 35.5. The highest BCUT2D eigenvalue weighted by atomic mass is 16.5. The number of ether oxygens (including phenoxy) is 1. The van der Waals surface area contributed by atoms with Crippen LogP contribution in [0.3, 0.4) is 0 Å². The molecule has 0 aromatic heterocycles. The van der Waals surface area contributed by atoms with E-state index >= 15 is 0 Å². The topological polar surface area (TPSA) is 96.3 Å². The number of hydrogen-bond donors (Lipinski definition) is 1. The average Bonchev–Trinajstić information content (AvgIpc) is 3.45. The third kappa shape index (κ3) is 2.49. The number of hydrogen-bond acceptors (Lipinski definition) is 5. The molecule has 1 aliphatic heterocycles. The van der Waals surface area contributed by atoms with Gasteiger partial charge in [0.25, 0.3) is 11.8 Å². The Labute approximate surface area is 155 Å². The van der Waals surface area contributed by atoms with Gasteiger partial charge in [-0.05, 0) is 59.9 Å². The van der Waals surface area contributed by atoms with Gasteiger partial charge in [0.1, 0.15) is 5.75 Å². The van der Waals surface area contributed by atoms with E-state index in [1.54, 1.807) is 24.3 Å². The minimum absolute atomic E-state index is 0.187. The first-order valence-electron chi connectivity index (χ1n) is 9.09. The van der Waals surface area contributed by atoms with Crippen molar-refractivity contribution in [2.45, 2.75) is 6.42 Å². The van der Waals surface area contributed by atoms with Gasteiger partial charge < -0.3 is 9.84 Å². The van der Waals surface area contributed by atoms with E-state index in [4.69, 9.17) is 9.84 Å². The van der Waals surface area contributed by atoms with Gasteiger partial charge in [-0.25, -0.2) is 4.79 Å². The molecule has 7 heteroatoms. The molecule has 1 aromatic carbocycles. The van der Waals surface area contributed by atoms with Crippen LogP contribution in [-0.2, 0) is 14.4 Å². The largest absolute Gasteiger partial charge is 0.482 e. The number of aliphatic carboxylic acids is 1. The third-order valence-corrected chi connectivity index (χ3v) is 6.20. The molecule has 1 N–H and O–H groups in total. The van der Waals surface area contributed by atoms with Crippen molar-refractivity contribution < 1.29 is 24.2 Å². The van der Waals surface area contributed by atoms with E-state index in [1.807, 2.05) is 0 Å². The molecule has 0 unspecified atom stereocenters. The van der Waals surface area contributed by atoms with Gasteiger partial charge in [-0.3, -0.25) is 9.59 Å². The van der Waals surface area contributed by atoms with Crippen LogP contribution in [0, 0.1) is 35.5 Å². The van der Waals surface area contributed by atoms with Crippen molar-refractivity contribution in [3.05, 3.63) is 42.0 Å². The molecule has 2 amide bonds. The highest BCUT2D eigenvalue weighted by molar-refractivity contribution is 6.06. The number of benzene rings is 1. The molecule has 1 aromatic rings. The van der Waals surface area contributed by atoms with Crippen LogP contribution in [0.25, 0.3) is 0 Å². The van der Waals surface area contributed by atoms with Gasteiger partial charge in [-0.1, -0.05) is 12.2 Å². The Morgan fingerprint density at radius 1 is 1.11 bits per heavy atom. The van der Waals surface area contributed by atoms with Gasteiger partial charge in [-0.15, -0.1) is 0 Å². The van der Waals surface area contributed by atoms with Crippen LogP contribution in [-0.4, -0.2) is 40.7 Å². The van der Waals surface area contributed by atoms with E-state index in [1.165, 1.54) is 6.21 Å². The Hall–Kier alpha value is -2.96. The summed E-state index contributed by atoms with van der Waals surface area (Å²) in [6.07, 6.45) is 6.88. The summed E-state index contributed by atoms with van der Waals surface area (Å²) in [7, 11) is 0. The molecule has 6 rings (SSSR count). The quantitative estimate of drug-likeness (QED) is 0.484. The summed E-state index contributed by atoms with van der Waals surface area (Å²) in [5.74, 6) is 0.0188. The maximum absolute atomic E-state index is 12.8. The summed E-state index contributed by atoms with van der Waals surface area (Å²) >= 11 is 0. The fourth-order valence-electron chi connectivity index (χ4n) is 4.97. The Kier molecular flexibility index (Phi) is 3.47. The molecule has 2 bridgehead atoms. The van der Waals surface area contributed by atoms with Crippen molar-refractivity contribution in [3.63, 3.8) is 0 Å². The fourth-order valence-corrected chi connectivity index (χ4v) is 4.97. The highest BCUT2D eigenvalue weighted by Crippen LogP contribution is 2.65. The van der Waals surface area contributed by atoms with Crippen molar-refractivity contribution in [1.82, 2.24) is 5.01 Å². The van der Waals surface area contributed by atoms with Crippen molar-refractivity contribution >= 4 is 24.0 Å². The fraction of sp³-hybridized carbons (Fsp3) is 0.400. The molecule has 4 aliphatic carbocycles. The lowest BCUT2D eigenvalue weighted by molar-refractivity contribution is -0.141. The first-order chi connectivity index (χ1) is 13.0. The van der Waals surface area contributed by atoms with Crippen LogP contribution < -0.4 is 4.74 Å². The molecular formula is C20H18N2O5. The summed E-state index contributed by atoms with van der Waals surface area (Å²) in [5.41, 5.74) is 0.692. The van der Waals surface area contributed by atoms with E-state index in [-0.39, 0.29) is 35.5 Å². The lowest BCUT2D eigenvalue weighted by atomic mass is 9.63. The second kappa shape index (κ2) is 5.77. The van der Waals surface area contributed by atoms with Gasteiger partial charge in [0, 0.05) is 0 Å². The Morgan fingerprint density at radius 3 is 2.26 bits per heavy atom. The van der Waals surface area contributed by atoms with Gasteiger partial charge in [0.15, 0.2) is 6.61 Å². The van der Waals surface area contributed by atoms with Crippen molar-refractivity contribution in [3.8, 4) is 5.75 Å². The van der Waals surface area contributed by atoms with Crippen LogP contribution in [0.2, 0.25) is 0 Å². The summed E-state index contributed by atoms with van der Waals surface area (Å²) < 4.78 is 5.07. The van der Waals surface area contributed by atoms with Crippen LogP contribution in [0.4, 0.5) is 0 Å². The Balaban J connectivity index is 1.31. The molecular weight excluding hydrogens is 348 g/mol. The van der Waals surface area contributed by atoms with Crippen molar-refractivity contribution in [2.75, 3.05) is 6.61 Å². The SMILES string of the molecule is O=C(O)COc1ccc(/C=N\N2C(=O)[C@@H]3[C@H]4C=C[C@@H]([C@@H]5C[C@@H]45)[C@H]3C2=O)cc1. The second-order valence-corrected chi connectivity index (χ2v) is 7.64. The molecule has 27 heavy (non-hydrogen) atoms. The number of carbonyl (C=O) groups excluding carboxylic acids is 2. The summed E-state index contributed by atoms with van der Waals surface area (Å²) in [6, 6.07) is 6.63. The summed E-state index contributed by atoms with van der Waals surface area (Å²) in [6.45, 7) is -0.411. The average molecular weight is 366 g/mol. The minimum atomic E-state index is -1.05. The lowest BCUT2D eigenvalue weighted by Crippen LogP contribution is -2.40. The number of hydrazone groups is 1. The summed E-state index contributed by atoms with van der Waals surface area (Å²) in [4.78, 5) is 36.1. The number of allylic oxidation sites excluding steroid dienone is 2. The highest BCUT2D eigenvalue weighted by Gasteiger charge is 2.67. The van der Waals surface area contributed by atoms with Gasteiger partial charge >= 0.3 is 5.97 Å². The van der Waals surface area contributed by atoms with Crippen LogP contribution in [0.15, 0.2) is 41.5 Å². The van der Waals surface area contributed by atoms with Crippen LogP contribution >= 0.6 is 0 Å². The molecule has 1 heterocycles. The maximum atomic E-state index is 12.8. The van der Waals surface area contributed by atoms with E-state index in [0.29, 0.717) is 23.1 Å². The lowest BCUT2D eigenvalue weighted by Gasteiger charge is -2.37. The predicted molar refractivity (Wildman–Crippen MR) is 93.7 cm³/mol. The molecule has 5 aliphatic rings. The van der Waals surface area contributed by atoms with Gasteiger partial charge in [-0.2, -0.15) is 10.1 Å². The van der Waals surface area contributed by atoms with Crippen LogP contribution in [0.1, 0.15) is 12.0 Å². The third-order valence-electron chi connectivity index (χ3n) is 6.20. The minimum Gasteiger partial charge on any atom is -0.482 e. The molecule has 138 valence electrons. The molecule has 6 atom stereocenters. The zero-order chi connectivity index (χ0) is 18.7. The predicted octanol–water partition coefficient (Wildman–Crippen LogP) is 1.54. The van der Waals surface area contributed by atoms with Gasteiger partial charge in [0.05, 0.1) is 18.1 Å². The molecule has 1 saturated heterocycles. The van der Waals surface area contributed by atoms with E-state index < -0.39 is 12.6 Å². The van der Waals surface area contributed by atoms with E-state index in [0.717, 1.165) is 11.4 Å². The molecule has 2 saturated carbocycles. The Bertz CT molecular complexity index is 854. The molecule has 0 spiro atoms. The number of nitrogens with zero attached hydrogens (tertiary/aromatic N) is 2. The number of rotatable bonds is 5. The maximum Gasteiger partial charge on any atom is 0.341 e. The standard InChI is InChI=1S/C20H18N2O5/c23-16(24)9-27-11-3-1-10(2-4-11)8-21-22-19(25)17-12-5-6-13(15-7-14(12)15)18(17)20(22)26/h1-6,8,12-15,17-18H,7,9H2,(H,23,24)/b21-8-/t12-,13-,14-,15-,17+,18+/m0/s1. The number of amides is 2. The van der Waals surface area contributed by atoms with E-state index in [2.05, 4.69) is 17.3 Å². The monoisotopic (exact) mass is 366 g/mol. The zero-order valence-electron chi connectivity index (χ0n) is 14.4. The van der Waals surface area contributed by atoms with Crippen molar-refractivity contribution in [1.29, 1.82) is 0 Å². The van der Waals surface area contributed by atoms with Gasteiger partial charge in [0.2, 0.25) is 0 Å². The van der Waals surface area contributed by atoms with Crippen molar-refractivity contribution in [2.24, 2.45) is 40.6 Å². The summed E-state index contributed by atoms with van der Waals surface area (Å²) in [5, 5.41) is 13.8. The molecule has 7 nitrogen and oxygen atoms in total. The Morgan fingerprint density at radius 2 is 1.70 bits per heavy atom. The number of carboxylic acids is 1. The first-order valence-corrected chi connectivity index (χ1v) is 9.09. The smallest absolute Gasteiger partial charge is 0.341 e. The number of carbonyl (C=O) groups is 3. The first kappa shape index (κ1) is 16.2. The molecule has 0 radical (unpaired) electrons. The van der Waals surface area contributed by atoms with E-state index in [9.17, 15) is 14.4 Å².